The van der Waals surface area contributed by atoms with Crippen LogP contribution in [0.15, 0.2) is 12.7 Å². The van der Waals surface area contributed by atoms with Crippen LogP contribution in [0.5, 0.6) is 0 Å². The summed E-state index contributed by atoms with van der Waals surface area (Å²) in [5, 5.41) is 3.31. The maximum Gasteiger partial charge on any atom is 0.306 e. The highest BCUT2D eigenvalue weighted by Gasteiger charge is 2.27. The lowest BCUT2D eigenvalue weighted by Crippen LogP contribution is -2.37. The molecule has 0 radical (unpaired) electrons. The van der Waals surface area contributed by atoms with E-state index in [0.29, 0.717) is 18.3 Å². The molecule has 1 heterocycles. The molecule has 1 saturated heterocycles. The largest absolute Gasteiger partial charge is 0.460 e. The molecule has 0 aromatic heterocycles. The van der Waals surface area contributed by atoms with Crippen molar-refractivity contribution in [3.8, 4) is 0 Å². The van der Waals surface area contributed by atoms with E-state index >= 15 is 0 Å². The predicted molar refractivity (Wildman–Crippen MR) is 65.1 cm³/mol. The van der Waals surface area contributed by atoms with Crippen molar-refractivity contribution in [3.63, 3.8) is 0 Å². The molecule has 0 bridgehead atoms. The minimum atomic E-state index is -0.381. The van der Waals surface area contributed by atoms with Gasteiger partial charge in [0, 0.05) is 13.0 Å². The van der Waals surface area contributed by atoms with Gasteiger partial charge in [-0.25, -0.2) is 0 Å². The van der Waals surface area contributed by atoms with E-state index in [1.165, 1.54) is 0 Å². The van der Waals surface area contributed by atoms with E-state index < -0.39 is 0 Å². The third kappa shape index (κ3) is 4.35. The van der Waals surface area contributed by atoms with Crippen LogP contribution in [0.25, 0.3) is 0 Å². The predicted octanol–water partition coefficient (Wildman–Crippen LogP) is 2.13. The summed E-state index contributed by atoms with van der Waals surface area (Å²) in [6.45, 7) is 11.4. The van der Waals surface area contributed by atoms with Crippen LogP contribution in [-0.2, 0) is 9.53 Å². The van der Waals surface area contributed by atoms with Gasteiger partial charge in [-0.2, -0.15) is 0 Å². The summed E-state index contributed by atoms with van der Waals surface area (Å²) < 4.78 is 5.34. The van der Waals surface area contributed by atoms with Gasteiger partial charge in [0.1, 0.15) is 5.60 Å². The van der Waals surface area contributed by atoms with Crippen LogP contribution < -0.4 is 5.32 Å². The molecule has 3 heteroatoms. The van der Waals surface area contributed by atoms with Gasteiger partial charge in [-0.3, -0.25) is 4.79 Å². The standard InChI is InChI=1S/C13H23NO2/c1-5-10-9-14-7-6-11(10)8-12(15)16-13(2,3)4/h5,10-11,14H,1,6-9H2,2-4H3/t10-,11-/m0/s1. The van der Waals surface area contributed by atoms with Crippen LogP contribution in [0.2, 0.25) is 0 Å². The first kappa shape index (κ1) is 13.2. The smallest absolute Gasteiger partial charge is 0.306 e. The van der Waals surface area contributed by atoms with Crippen LogP contribution in [0.1, 0.15) is 33.6 Å². The monoisotopic (exact) mass is 225 g/mol. The zero-order chi connectivity index (χ0) is 12.2. The summed E-state index contributed by atoms with van der Waals surface area (Å²) >= 11 is 0. The summed E-state index contributed by atoms with van der Waals surface area (Å²) in [6.07, 6.45) is 3.48. The van der Waals surface area contributed by atoms with E-state index in [2.05, 4.69) is 11.9 Å². The third-order valence-electron chi connectivity index (χ3n) is 2.83. The first-order chi connectivity index (χ1) is 7.42. The molecule has 1 aliphatic heterocycles. The van der Waals surface area contributed by atoms with E-state index in [0.717, 1.165) is 19.5 Å². The molecule has 0 amide bonds. The van der Waals surface area contributed by atoms with Gasteiger partial charge in [-0.15, -0.1) is 6.58 Å². The molecule has 0 spiro atoms. The van der Waals surface area contributed by atoms with E-state index in [4.69, 9.17) is 4.74 Å². The molecular weight excluding hydrogens is 202 g/mol. The number of nitrogens with one attached hydrogen (secondary N) is 1. The number of carbonyl (C=O) groups excluding carboxylic acids is 1. The number of carbonyl (C=O) groups is 1. The fourth-order valence-corrected chi connectivity index (χ4v) is 2.06. The number of hydrogen-bond acceptors (Lipinski definition) is 3. The van der Waals surface area contributed by atoms with Gasteiger partial charge in [-0.1, -0.05) is 6.08 Å². The van der Waals surface area contributed by atoms with Crippen LogP contribution in [-0.4, -0.2) is 24.7 Å². The lowest BCUT2D eigenvalue weighted by molar-refractivity contribution is -0.156. The second kappa shape index (κ2) is 5.48. The molecule has 16 heavy (non-hydrogen) atoms. The topological polar surface area (TPSA) is 38.3 Å². The molecule has 0 unspecified atom stereocenters. The van der Waals surface area contributed by atoms with Crippen LogP contribution >= 0.6 is 0 Å². The molecule has 0 aromatic rings. The maximum absolute atomic E-state index is 11.7. The van der Waals surface area contributed by atoms with Gasteiger partial charge >= 0.3 is 5.97 Å². The highest BCUT2D eigenvalue weighted by molar-refractivity contribution is 5.70. The minimum Gasteiger partial charge on any atom is -0.460 e. The van der Waals surface area contributed by atoms with E-state index in [1.54, 1.807) is 0 Å². The Morgan fingerprint density at radius 2 is 2.25 bits per heavy atom. The van der Waals surface area contributed by atoms with Crippen molar-refractivity contribution in [1.82, 2.24) is 5.32 Å². The second-order valence-corrected chi connectivity index (χ2v) is 5.44. The van der Waals surface area contributed by atoms with Crippen molar-refractivity contribution in [2.75, 3.05) is 13.1 Å². The van der Waals surface area contributed by atoms with Gasteiger partial charge in [0.2, 0.25) is 0 Å². The minimum absolute atomic E-state index is 0.0914. The average molecular weight is 225 g/mol. The van der Waals surface area contributed by atoms with E-state index in [-0.39, 0.29) is 11.6 Å². The van der Waals surface area contributed by atoms with Gasteiger partial charge in [-0.05, 0) is 45.6 Å². The molecule has 0 aromatic carbocycles. The van der Waals surface area contributed by atoms with Gasteiger partial charge < -0.3 is 10.1 Å². The molecule has 3 nitrogen and oxygen atoms in total. The number of esters is 1. The Hall–Kier alpha value is -0.830. The quantitative estimate of drug-likeness (QED) is 0.590. The fourth-order valence-electron chi connectivity index (χ4n) is 2.06. The Balaban J connectivity index is 2.45. The average Bonchev–Trinajstić information content (AvgIpc) is 2.15. The Kier molecular flexibility index (Phi) is 4.54. The zero-order valence-corrected chi connectivity index (χ0v) is 10.6. The van der Waals surface area contributed by atoms with Gasteiger partial charge in [0.15, 0.2) is 0 Å². The molecule has 1 fully saturated rings. The molecular formula is C13H23NO2. The van der Waals surface area contributed by atoms with Crippen LogP contribution in [0, 0.1) is 11.8 Å². The molecule has 1 aliphatic rings. The Morgan fingerprint density at radius 3 is 2.81 bits per heavy atom. The van der Waals surface area contributed by atoms with Crippen LogP contribution in [0.4, 0.5) is 0 Å². The third-order valence-corrected chi connectivity index (χ3v) is 2.83. The molecule has 1 N–H and O–H groups in total. The number of piperidine rings is 1. The number of hydrogen-bond donors (Lipinski definition) is 1. The normalized spacial score (nSPS) is 26.2. The molecule has 0 saturated carbocycles. The molecule has 92 valence electrons. The van der Waals surface area contributed by atoms with Crippen LogP contribution in [0.3, 0.4) is 0 Å². The number of rotatable bonds is 3. The summed E-state index contributed by atoms with van der Waals surface area (Å²) in [5.41, 5.74) is -0.381. The van der Waals surface area contributed by atoms with Gasteiger partial charge in [0.25, 0.3) is 0 Å². The first-order valence-corrected chi connectivity index (χ1v) is 5.97. The molecule has 1 rings (SSSR count). The van der Waals surface area contributed by atoms with Crippen molar-refractivity contribution in [2.24, 2.45) is 11.8 Å². The summed E-state index contributed by atoms with van der Waals surface area (Å²) in [7, 11) is 0. The van der Waals surface area contributed by atoms with Crippen molar-refractivity contribution in [1.29, 1.82) is 0 Å². The fraction of sp³-hybridized carbons (Fsp3) is 0.769. The Morgan fingerprint density at radius 1 is 1.56 bits per heavy atom. The summed E-state index contributed by atoms with van der Waals surface area (Å²) in [6, 6.07) is 0. The zero-order valence-electron chi connectivity index (χ0n) is 10.6. The maximum atomic E-state index is 11.7. The van der Waals surface area contributed by atoms with Crippen molar-refractivity contribution in [3.05, 3.63) is 12.7 Å². The lowest BCUT2D eigenvalue weighted by Gasteiger charge is -2.30. The number of ether oxygens (including phenoxy) is 1. The van der Waals surface area contributed by atoms with Crippen molar-refractivity contribution in [2.45, 2.75) is 39.2 Å². The lowest BCUT2D eigenvalue weighted by atomic mass is 9.84. The van der Waals surface area contributed by atoms with E-state index in [9.17, 15) is 4.79 Å². The van der Waals surface area contributed by atoms with Gasteiger partial charge in [0.05, 0.1) is 0 Å². The Labute approximate surface area is 98.2 Å². The van der Waals surface area contributed by atoms with E-state index in [1.807, 2.05) is 26.8 Å². The Bertz CT molecular complexity index is 255. The first-order valence-electron chi connectivity index (χ1n) is 5.97. The van der Waals surface area contributed by atoms with Crippen molar-refractivity contribution < 1.29 is 9.53 Å². The summed E-state index contributed by atoms with van der Waals surface area (Å²) in [4.78, 5) is 11.7. The molecule has 2 atom stereocenters. The SMILES string of the molecule is C=C[C@H]1CNCC[C@H]1CC(=O)OC(C)(C)C. The molecule has 0 aliphatic carbocycles. The second-order valence-electron chi connectivity index (χ2n) is 5.44. The highest BCUT2D eigenvalue weighted by atomic mass is 16.6. The summed E-state index contributed by atoms with van der Waals surface area (Å²) in [5.74, 6) is 0.682. The highest BCUT2D eigenvalue weighted by Crippen LogP contribution is 2.24. The van der Waals surface area contributed by atoms with Crippen molar-refractivity contribution >= 4 is 5.97 Å².